The largest absolute Gasteiger partial charge is 0.424 e. The average Bonchev–Trinajstić information content (AvgIpc) is 3.37. The molecule has 1 heterocycles. The normalized spacial score (nSPS) is 18.5. The van der Waals surface area contributed by atoms with Crippen LogP contribution in [0.25, 0.3) is 0 Å². The molecule has 4 rings (SSSR count). The monoisotopic (exact) mass is 329 g/mol. The highest BCUT2D eigenvalue weighted by Crippen LogP contribution is 2.54. The second kappa shape index (κ2) is 6.82. The molecule has 0 unspecified atom stereocenters. The molecular weight excluding hydrogens is 310 g/mol. The number of nitrogens with one attached hydrogen (secondary N) is 1. The van der Waals surface area contributed by atoms with Crippen LogP contribution in [0.15, 0.2) is 65.1 Å². The first-order chi connectivity index (χ1) is 12.3. The van der Waals surface area contributed by atoms with Gasteiger partial charge >= 0.3 is 0 Å². The number of hydrogen-bond donors (Lipinski definition) is 1. The van der Waals surface area contributed by atoms with Gasteiger partial charge in [0.2, 0.25) is 17.5 Å². The van der Waals surface area contributed by atoms with Crippen LogP contribution in [0.3, 0.4) is 0 Å². The van der Waals surface area contributed by atoms with Gasteiger partial charge in [0.25, 0.3) is 0 Å². The molecule has 1 saturated carbocycles. The van der Waals surface area contributed by atoms with Crippen LogP contribution in [-0.4, -0.2) is 11.5 Å². The summed E-state index contributed by atoms with van der Waals surface area (Å²) in [5.74, 6) is 1.89. The minimum absolute atomic E-state index is 0.277. The van der Waals surface area contributed by atoms with Crippen LogP contribution in [0.5, 0.6) is 0 Å². The van der Waals surface area contributed by atoms with Crippen LogP contribution < -0.4 is 5.32 Å². The number of rotatable bonds is 6. The highest BCUT2D eigenvalue weighted by atomic mass is 16.4. The quantitative estimate of drug-likeness (QED) is 0.724. The maximum atomic E-state index is 9.32. The Labute approximate surface area is 147 Å². The van der Waals surface area contributed by atoms with Gasteiger partial charge < -0.3 is 9.73 Å². The summed E-state index contributed by atoms with van der Waals surface area (Å²) in [7, 11) is 0. The molecule has 0 bridgehead atoms. The minimum atomic E-state index is 0.277. The predicted molar refractivity (Wildman–Crippen MR) is 96.4 cm³/mol. The summed E-state index contributed by atoms with van der Waals surface area (Å²) in [6.45, 7) is 0.708. The zero-order chi connectivity index (χ0) is 17.1. The van der Waals surface area contributed by atoms with E-state index in [1.165, 1.54) is 11.1 Å². The molecular formula is C21H19N3O. The molecule has 3 aromatic rings. The van der Waals surface area contributed by atoms with E-state index in [0.29, 0.717) is 29.9 Å². The number of benzene rings is 2. The Bertz CT molecular complexity index is 881. The fourth-order valence-electron chi connectivity index (χ4n) is 3.19. The molecule has 1 N–H and O–H groups in total. The first kappa shape index (κ1) is 15.5. The third-order valence-corrected chi connectivity index (χ3v) is 4.63. The Morgan fingerprint density at radius 3 is 2.48 bits per heavy atom. The summed E-state index contributed by atoms with van der Waals surface area (Å²) in [5, 5.41) is 12.5. The van der Waals surface area contributed by atoms with Crippen molar-refractivity contribution in [1.29, 1.82) is 5.26 Å². The summed E-state index contributed by atoms with van der Waals surface area (Å²) < 4.78 is 5.87. The predicted octanol–water partition coefficient (Wildman–Crippen LogP) is 4.47. The maximum Gasteiger partial charge on any atom is 0.232 e. The van der Waals surface area contributed by atoms with E-state index in [4.69, 9.17) is 4.42 Å². The van der Waals surface area contributed by atoms with Crippen molar-refractivity contribution in [3.05, 3.63) is 83.4 Å². The van der Waals surface area contributed by atoms with Crippen molar-refractivity contribution in [1.82, 2.24) is 4.98 Å². The second-order valence-electron chi connectivity index (χ2n) is 6.36. The number of nitriles is 1. The Morgan fingerprint density at radius 2 is 1.76 bits per heavy atom. The summed E-state index contributed by atoms with van der Waals surface area (Å²) in [6.07, 6.45) is 1.90. The molecule has 1 aromatic heterocycles. The van der Waals surface area contributed by atoms with Crippen LogP contribution in [0.4, 0.5) is 5.88 Å². The van der Waals surface area contributed by atoms with Crippen molar-refractivity contribution in [3.63, 3.8) is 0 Å². The Morgan fingerprint density at radius 1 is 1.04 bits per heavy atom. The summed E-state index contributed by atoms with van der Waals surface area (Å²) in [6, 6.07) is 22.8. The Kier molecular flexibility index (Phi) is 4.22. The van der Waals surface area contributed by atoms with Crippen LogP contribution in [0.1, 0.15) is 41.0 Å². The molecule has 0 saturated heterocycles. The van der Waals surface area contributed by atoms with Gasteiger partial charge in [0.1, 0.15) is 6.07 Å². The van der Waals surface area contributed by atoms with E-state index in [9.17, 15) is 5.26 Å². The number of aromatic nitrogens is 1. The van der Waals surface area contributed by atoms with Crippen molar-refractivity contribution in [2.24, 2.45) is 0 Å². The van der Waals surface area contributed by atoms with Crippen molar-refractivity contribution in [3.8, 4) is 6.07 Å². The molecule has 1 fully saturated rings. The van der Waals surface area contributed by atoms with E-state index in [1.54, 1.807) is 0 Å². The standard InChI is InChI=1S/C21H19N3O/c22-14-19-21(23-12-11-15-7-3-1-4-8-15)25-20(24-19)18-13-17(18)16-9-5-2-6-10-16/h1-10,17-18,23H,11-13H2/t17-,18-/m1/s1. The molecule has 4 nitrogen and oxygen atoms in total. The highest BCUT2D eigenvalue weighted by molar-refractivity contribution is 5.46. The van der Waals surface area contributed by atoms with Gasteiger partial charge in [-0.25, -0.2) is 4.98 Å². The molecule has 0 spiro atoms. The van der Waals surface area contributed by atoms with Crippen molar-refractivity contribution < 1.29 is 4.42 Å². The maximum absolute atomic E-state index is 9.32. The number of hydrogen-bond acceptors (Lipinski definition) is 4. The third-order valence-electron chi connectivity index (χ3n) is 4.63. The van der Waals surface area contributed by atoms with Gasteiger partial charge in [-0.3, -0.25) is 0 Å². The van der Waals surface area contributed by atoms with E-state index in [1.807, 2.05) is 24.3 Å². The zero-order valence-electron chi connectivity index (χ0n) is 13.9. The molecule has 25 heavy (non-hydrogen) atoms. The van der Waals surface area contributed by atoms with E-state index in [-0.39, 0.29) is 5.92 Å². The van der Waals surface area contributed by atoms with Crippen molar-refractivity contribution >= 4 is 5.88 Å². The lowest BCUT2D eigenvalue weighted by atomic mass is 10.1. The van der Waals surface area contributed by atoms with Gasteiger partial charge in [-0.15, -0.1) is 0 Å². The van der Waals surface area contributed by atoms with Gasteiger partial charge in [-0.2, -0.15) is 5.26 Å². The van der Waals surface area contributed by atoms with Crippen molar-refractivity contribution in [2.75, 3.05) is 11.9 Å². The Balaban J connectivity index is 1.41. The van der Waals surface area contributed by atoms with Gasteiger partial charge in [0.05, 0.1) is 0 Å². The SMILES string of the molecule is N#Cc1nc([C@@H]2C[C@@H]2c2ccccc2)oc1NCCc1ccccc1. The molecule has 1 aliphatic carbocycles. The molecule has 0 radical (unpaired) electrons. The van der Waals surface area contributed by atoms with E-state index in [2.05, 4.69) is 52.8 Å². The number of nitrogens with zero attached hydrogens (tertiary/aromatic N) is 2. The third kappa shape index (κ3) is 3.41. The average molecular weight is 329 g/mol. The van der Waals surface area contributed by atoms with Crippen molar-refractivity contribution in [2.45, 2.75) is 24.7 Å². The second-order valence-corrected chi connectivity index (χ2v) is 6.36. The topological polar surface area (TPSA) is 61.9 Å². The van der Waals surface area contributed by atoms with Crippen LogP contribution in [-0.2, 0) is 6.42 Å². The summed E-state index contributed by atoms with van der Waals surface area (Å²) in [5.41, 5.74) is 2.91. The van der Waals surface area contributed by atoms with E-state index in [0.717, 1.165) is 12.8 Å². The molecule has 124 valence electrons. The smallest absolute Gasteiger partial charge is 0.232 e. The van der Waals surface area contributed by atoms with Gasteiger partial charge in [-0.1, -0.05) is 60.7 Å². The highest BCUT2D eigenvalue weighted by Gasteiger charge is 2.43. The van der Waals surface area contributed by atoms with Crippen LogP contribution in [0.2, 0.25) is 0 Å². The number of oxazole rings is 1. The first-order valence-electron chi connectivity index (χ1n) is 8.58. The lowest BCUT2D eigenvalue weighted by molar-refractivity contribution is 0.505. The zero-order valence-corrected chi connectivity index (χ0v) is 13.9. The van der Waals surface area contributed by atoms with E-state index >= 15 is 0 Å². The summed E-state index contributed by atoms with van der Waals surface area (Å²) in [4.78, 5) is 4.40. The molecule has 0 aliphatic heterocycles. The lowest BCUT2D eigenvalue weighted by Crippen LogP contribution is -2.05. The lowest BCUT2D eigenvalue weighted by Gasteiger charge is -2.03. The van der Waals surface area contributed by atoms with Gasteiger partial charge in [-0.05, 0) is 29.9 Å². The first-order valence-corrected chi connectivity index (χ1v) is 8.58. The minimum Gasteiger partial charge on any atom is -0.424 e. The number of anilines is 1. The fourth-order valence-corrected chi connectivity index (χ4v) is 3.19. The van der Waals surface area contributed by atoms with Crippen LogP contribution >= 0.6 is 0 Å². The van der Waals surface area contributed by atoms with Gasteiger partial charge in [0.15, 0.2) is 0 Å². The molecule has 2 aromatic carbocycles. The molecule has 0 amide bonds. The molecule has 2 atom stereocenters. The van der Waals surface area contributed by atoms with Crippen LogP contribution in [0, 0.1) is 11.3 Å². The molecule has 1 aliphatic rings. The Hall–Kier alpha value is -3.06. The van der Waals surface area contributed by atoms with E-state index < -0.39 is 0 Å². The molecule has 4 heteroatoms. The van der Waals surface area contributed by atoms with Gasteiger partial charge in [0, 0.05) is 12.5 Å². The fraction of sp³-hybridized carbons (Fsp3) is 0.238. The summed E-state index contributed by atoms with van der Waals surface area (Å²) >= 11 is 0.